The number of unbranched alkanes of at least 4 members (excludes halogenated alkanes) is 1. The Morgan fingerprint density at radius 2 is 1.30 bits per heavy atom. The Morgan fingerprint density at radius 1 is 0.700 bits per heavy atom. The summed E-state index contributed by atoms with van der Waals surface area (Å²) in [6, 6.07) is 24.7. The molecular weight excluding hydrogens is 371 g/mol. The van der Waals surface area contributed by atoms with Gasteiger partial charge in [-0.2, -0.15) is 0 Å². The number of fused-ring (bicyclic) bond motifs is 3. The van der Waals surface area contributed by atoms with Gasteiger partial charge in [-0.1, -0.05) is 55.0 Å². The second kappa shape index (κ2) is 8.61. The number of hydrogen-bond acceptors (Lipinski definition) is 2. The molecule has 1 aliphatic carbocycles. The van der Waals surface area contributed by atoms with Crippen molar-refractivity contribution < 1.29 is 4.39 Å². The van der Waals surface area contributed by atoms with Crippen molar-refractivity contribution in [2.24, 2.45) is 0 Å². The van der Waals surface area contributed by atoms with Gasteiger partial charge in [0.25, 0.3) is 0 Å². The van der Waals surface area contributed by atoms with Gasteiger partial charge in [0.15, 0.2) is 0 Å². The molecular formula is C27H29FN2. The molecule has 0 N–H and O–H groups in total. The molecule has 0 saturated carbocycles. The minimum absolute atomic E-state index is 0.162. The Labute approximate surface area is 179 Å². The number of halogens is 1. The van der Waals surface area contributed by atoms with E-state index in [0.29, 0.717) is 5.92 Å². The first-order valence-corrected chi connectivity index (χ1v) is 11.2. The molecule has 0 amide bonds. The summed E-state index contributed by atoms with van der Waals surface area (Å²) in [7, 11) is 0. The SMILES string of the molecule is Fc1ccc(N2CCN(CCCCC3c4ccccc4-c4ccccc43)CC2)cc1. The van der Waals surface area contributed by atoms with Crippen LogP contribution in [-0.4, -0.2) is 37.6 Å². The number of piperazine rings is 1. The van der Waals surface area contributed by atoms with Gasteiger partial charge in [-0.15, -0.1) is 0 Å². The first-order valence-electron chi connectivity index (χ1n) is 11.2. The Balaban J connectivity index is 1.11. The third-order valence-electron chi connectivity index (χ3n) is 6.74. The van der Waals surface area contributed by atoms with E-state index in [-0.39, 0.29) is 5.82 Å². The molecule has 0 radical (unpaired) electrons. The minimum atomic E-state index is -0.162. The molecule has 2 aliphatic rings. The molecule has 3 aromatic carbocycles. The van der Waals surface area contributed by atoms with Crippen molar-refractivity contribution in [3.8, 4) is 11.1 Å². The van der Waals surface area contributed by atoms with Gasteiger partial charge in [-0.25, -0.2) is 4.39 Å². The van der Waals surface area contributed by atoms with Crippen LogP contribution in [0.3, 0.4) is 0 Å². The Hall–Kier alpha value is -2.65. The number of benzene rings is 3. The lowest BCUT2D eigenvalue weighted by Gasteiger charge is -2.36. The summed E-state index contributed by atoms with van der Waals surface area (Å²) < 4.78 is 13.1. The van der Waals surface area contributed by atoms with Crippen molar-refractivity contribution in [2.45, 2.75) is 25.2 Å². The van der Waals surface area contributed by atoms with Crippen molar-refractivity contribution in [3.63, 3.8) is 0 Å². The van der Waals surface area contributed by atoms with E-state index in [1.807, 2.05) is 12.1 Å². The summed E-state index contributed by atoms with van der Waals surface area (Å²) in [4.78, 5) is 4.94. The van der Waals surface area contributed by atoms with Gasteiger partial charge >= 0.3 is 0 Å². The van der Waals surface area contributed by atoms with Gasteiger partial charge in [0.2, 0.25) is 0 Å². The molecule has 3 heteroatoms. The molecule has 0 bridgehead atoms. The van der Waals surface area contributed by atoms with Crippen LogP contribution >= 0.6 is 0 Å². The summed E-state index contributed by atoms with van der Waals surface area (Å²) >= 11 is 0. The van der Waals surface area contributed by atoms with Gasteiger partial charge in [0.05, 0.1) is 0 Å². The zero-order chi connectivity index (χ0) is 20.3. The van der Waals surface area contributed by atoms with Crippen LogP contribution in [0.15, 0.2) is 72.8 Å². The summed E-state index contributed by atoms with van der Waals surface area (Å²) in [5, 5.41) is 0. The molecule has 1 heterocycles. The highest BCUT2D eigenvalue weighted by molar-refractivity contribution is 5.78. The molecule has 5 rings (SSSR count). The molecule has 1 fully saturated rings. The minimum Gasteiger partial charge on any atom is -0.369 e. The summed E-state index contributed by atoms with van der Waals surface area (Å²) in [5.74, 6) is 0.387. The van der Waals surface area contributed by atoms with Gasteiger partial charge in [-0.05, 0) is 65.9 Å². The van der Waals surface area contributed by atoms with Crippen LogP contribution in [-0.2, 0) is 0 Å². The average Bonchev–Trinajstić information content (AvgIpc) is 3.12. The predicted molar refractivity (Wildman–Crippen MR) is 123 cm³/mol. The van der Waals surface area contributed by atoms with Gasteiger partial charge in [-0.3, -0.25) is 4.90 Å². The number of rotatable bonds is 6. The molecule has 0 unspecified atom stereocenters. The van der Waals surface area contributed by atoms with Crippen LogP contribution in [0.1, 0.15) is 36.3 Å². The lowest BCUT2D eigenvalue weighted by atomic mass is 9.91. The molecule has 0 atom stereocenters. The van der Waals surface area contributed by atoms with Crippen molar-refractivity contribution in [3.05, 3.63) is 89.7 Å². The standard InChI is InChI=1S/C27H29FN2/c28-21-12-14-22(15-13-21)30-19-17-29(18-20-30)16-6-5-11-27-25-9-3-1-7-23(25)24-8-2-4-10-26(24)27/h1-4,7-10,12-15,27H,5-6,11,16-20H2. The lowest BCUT2D eigenvalue weighted by Crippen LogP contribution is -2.46. The highest BCUT2D eigenvalue weighted by Crippen LogP contribution is 2.46. The maximum Gasteiger partial charge on any atom is 0.123 e. The van der Waals surface area contributed by atoms with Crippen LogP contribution in [0, 0.1) is 5.82 Å². The number of hydrogen-bond donors (Lipinski definition) is 0. The van der Waals surface area contributed by atoms with Crippen LogP contribution in [0.2, 0.25) is 0 Å². The average molecular weight is 401 g/mol. The van der Waals surface area contributed by atoms with Crippen LogP contribution in [0.25, 0.3) is 11.1 Å². The number of nitrogens with zero attached hydrogens (tertiary/aromatic N) is 2. The first-order chi connectivity index (χ1) is 14.8. The van der Waals surface area contributed by atoms with Crippen LogP contribution in [0.4, 0.5) is 10.1 Å². The third-order valence-corrected chi connectivity index (χ3v) is 6.74. The quantitative estimate of drug-likeness (QED) is 0.473. The molecule has 1 saturated heterocycles. The van der Waals surface area contributed by atoms with Crippen molar-refractivity contribution >= 4 is 5.69 Å². The fraction of sp³-hybridized carbons (Fsp3) is 0.333. The normalized spacial score (nSPS) is 16.5. The maximum atomic E-state index is 13.1. The van der Waals surface area contributed by atoms with Crippen molar-refractivity contribution in [1.29, 1.82) is 0 Å². The Morgan fingerprint density at radius 3 is 1.93 bits per heavy atom. The van der Waals surface area contributed by atoms with E-state index in [9.17, 15) is 4.39 Å². The van der Waals surface area contributed by atoms with E-state index in [0.717, 1.165) is 31.9 Å². The molecule has 1 aliphatic heterocycles. The highest BCUT2D eigenvalue weighted by Gasteiger charge is 2.27. The Kier molecular flexibility index (Phi) is 5.54. The molecule has 0 spiro atoms. The second-order valence-corrected chi connectivity index (χ2v) is 8.53. The third kappa shape index (κ3) is 3.87. The van der Waals surface area contributed by atoms with E-state index in [1.54, 1.807) is 12.1 Å². The zero-order valence-corrected chi connectivity index (χ0v) is 17.4. The monoisotopic (exact) mass is 400 g/mol. The van der Waals surface area contributed by atoms with Crippen LogP contribution < -0.4 is 4.90 Å². The van der Waals surface area contributed by atoms with Gasteiger partial charge < -0.3 is 4.90 Å². The smallest absolute Gasteiger partial charge is 0.123 e. The van der Waals surface area contributed by atoms with E-state index >= 15 is 0 Å². The molecule has 2 nitrogen and oxygen atoms in total. The van der Waals surface area contributed by atoms with E-state index in [2.05, 4.69) is 58.3 Å². The molecule has 3 aromatic rings. The lowest BCUT2D eigenvalue weighted by molar-refractivity contribution is 0.252. The maximum absolute atomic E-state index is 13.1. The summed E-state index contributed by atoms with van der Waals surface area (Å²) in [6.07, 6.45) is 3.73. The van der Waals surface area contributed by atoms with E-state index in [4.69, 9.17) is 0 Å². The topological polar surface area (TPSA) is 6.48 Å². The summed E-state index contributed by atoms with van der Waals surface area (Å²) in [6.45, 7) is 5.40. The fourth-order valence-corrected chi connectivity index (χ4v) is 5.14. The first kappa shape index (κ1) is 19.3. The molecule has 0 aromatic heterocycles. The zero-order valence-electron chi connectivity index (χ0n) is 17.4. The molecule has 154 valence electrons. The molecule has 30 heavy (non-hydrogen) atoms. The van der Waals surface area contributed by atoms with E-state index in [1.165, 1.54) is 48.1 Å². The summed E-state index contributed by atoms with van der Waals surface area (Å²) in [5.41, 5.74) is 7.00. The predicted octanol–water partition coefficient (Wildman–Crippen LogP) is 5.93. The van der Waals surface area contributed by atoms with Gasteiger partial charge in [0, 0.05) is 37.8 Å². The van der Waals surface area contributed by atoms with Gasteiger partial charge in [0.1, 0.15) is 5.82 Å². The Bertz CT molecular complexity index is 944. The largest absolute Gasteiger partial charge is 0.369 e. The second-order valence-electron chi connectivity index (χ2n) is 8.53. The van der Waals surface area contributed by atoms with Crippen LogP contribution in [0.5, 0.6) is 0 Å². The number of anilines is 1. The van der Waals surface area contributed by atoms with Crippen molar-refractivity contribution in [1.82, 2.24) is 4.90 Å². The fourth-order valence-electron chi connectivity index (χ4n) is 5.14. The highest BCUT2D eigenvalue weighted by atomic mass is 19.1. The van der Waals surface area contributed by atoms with E-state index < -0.39 is 0 Å². The van der Waals surface area contributed by atoms with Crippen molar-refractivity contribution in [2.75, 3.05) is 37.6 Å².